The molecule has 0 saturated heterocycles. The molecule has 0 heterocycles. The molecule has 0 aliphatic heterocycles. The van der Waals surface area contributed by atoms with Crippen LogP contribution in [0.4, 0.5) is 17.1 Å². The molecule has 7 aromatic carbocycles. The summed E-state index contributed by atoms with van der Waals surface area (Å²) in [6.45, 7) is 4.26. The second-order valence-electron chi connectivity index (χ2n) is 12.3. The molecule has 0 unspecified atom stereocenters. The Balaban J connectivity index is 1.19. The molecule has 1 aliphatic carbocycles. The minimum Gasteiger partial charge on any atom is -0.311 e. The smallest absolute Gasteiger partial charge is 0.0713 e. The van der Waals surface area contributed by atoms with Gasteiger partial charge in [0.25, 0.3) is 0 Å². The average Bonchev–Trinajstić information content (AvgIpc) is 3.42. The lowest BCUT2D eigenvalue weighted by Crippen LogP contribution is -2.28. The van der Waals surface area contributed by atoms with Crippen LogP contribution in [-0.2, 0) is 5.41 Å². The third-order valence-electron chi connectivity index (χ3n) is 9.52. The number of nitrogens with zero attached hydrogens (tertiary/aromatic N) is 1. The minimum atomic E-state index is -0.376. The molecule has 0 bridgehead atoms. The van der Waals surface area contributed by atoms with E-state index < -0.39 is 0 Å². The van der Waals surface area contributed by atoms with Crippen molar-refractivity contribution in [3.05, 3.63) is 209 Å². The van der Waals surface area contributed by atoms with Crippen molar-refractivity contribution in [2.24, 2.45) is 0 Å². The second-order valence-corrected chi connectivity index (χ2v) is 12.3. The number of benzene rings is 7. The largest absolute Gasteiger partial charge is 0.311 e. The molecule has 0 atom stereocenters. The van der Waals surface area contributed by atoms with Crippen molar-refractivity contribution in [1.82, 2.24) is 0 Å². The summed E-state index contributed by atoms with van der Waals surface area (Å²) in [5.41, 5.74) is 15.8. The zero-order chi connectivity index (χ0) is 31.1. The molecule has 220 valence electrons. The Bertz CT molecular complexity index is 2030. The highest BCUT2D eigenvalue weighted by atomic mass is 15.1. The molecule has 1 nitrogen and oxygen atoms in total. The number of hydrogen-bond acceptors (Lipinski definition) is 1. The van der Waals surface area contributed by atoms with Crippen LogP contribution in [0.2, 0.25) is 0 Å². The maximum absolute atomic E-state index is 2.33. The summed E-state index contributed by atoms with van der Waals surface area (Å²) in [6, 6.07) is 64.5. The molecule has 8 rings (SSSR count). The topological polar surface area (TPSA) is 3.24 Å². The van der Waals surface area contributed by atoms with Gasteiger partial charge in [-0.1, -0.05) is 151 Å². The van der Waals surface area contributed by atoms with E-state index in [4.69, 9.17) is 0 Å². The second kappa shape index (κ2) is 11.4. The third-order valence-corrected chi connectivity index (χ3v) is 9.52. The van der Waals surface area contributed by atoms with E-state index in [0.29, 0.717) is 0 Å². The quantitative estimate of drug-likeness (QED) is 0.186. The lowest BCUT2D eigenvalue weighted by atomic mass is 9.67. The molecule has 0 saturated carbocycles. The number of fused-ring (bicyclic) bond motifs is 3. The summed E-state index contributed by atoms with van der Waals surface area (Å²) in [4.78, 5) is 2.32. The highest BCUT2D eigenvalue weighted by Crippen LogP contribution is 2.56. The SMILES string of the molecule is Cc1ccc(N(c2ccc(C)cc2)c2ccc(-c3ccc(C4(c5ccccc5)c5ccccc5-c5ccccc54)cc3)cc2)cc1. The van der Waals surface area contributed by atoms with Crippen LogP contribution in [0, 0.1) is 13.8 Å². The molecule has 0 fully saturated rings. The van der Waals surface area contributed by atoms with E-state index in [1.165, 1.54) is 55.6 Å². The van der Waals surface area contributed by atoms with Gasteiger partial charge in [-0.25, -0.2) is 0 Å². The normalized spacial score (nSPS) is 12.7. The summed E-state index contributed by atoms with van der Waals surface area (Å²) in [7, 11) is 0. The Morgan fingerprint density at radius 1 is 0.348 bits per heavy atom. The van der Waals surface area contributed by atoms with Crippen molar-refractivity contribution in [3.8, 4) is 22.3 Å². The Morgan fingerprint density at radius 3 is 1.20 bits per heavy atom. The molecule has 46 heavy (non-hydrogen) atoms. The van der Waals surface area contributed by atoms with Crippen LogP contribution in [-0.4, -0.2) is 0 Å². The number of anilines is 3. The van der Waals surface area contributed by atoms with Crippen molar-refractivity contribution in [1.29, 1.82) is 0 Å². The van der Waals surface area contributed by atoms with Gasteiger partial charge in [0.15, 0.2) is 0 Å². The van der Waals surface area contributed by atoms with E-state index in [1.807, 2.05) is 0 Å². The number of rotatable bonds is 6. The lowest BCUT2D eigenvalue weighted by molar-refractivity contribution is 0.768. The van der Waals surface area contributed by atoms with E-state index in [0.717, 1.165) is 17.1 Å². The molecule has 0 amide bonds. The highest BCUT2D eigenvalue weighted by molar-refractivity contribution is 5.86. The molecular formula is C45H35N. The van der Waals surface area contributed by atoms with E-state index in [-0.39, 0.29) is 5.41 Å². The van der Waals surface area contributed by atoms with Gasteiger partial charge in [-0.15, -0.1) is 0 Å². The number of hydrogen-bond donors (Lipinski definition) is 0. The predicted octanol–water partition coefficient (Wildman–Crippen LogP) is 11.8. The summed E-state index contributed by atoms with van der Waals surface area (Å²) in [5.74, 6) is 0. The Morgan fingerprint density at radius 2 is 0.717 bits per heavy atom. The minimum absolute atomic E-state index is 0.376. The monoisotopic (exact) mass is 589 g/mol. The van der Waals surface area contributed by atoms with Crippen molar-refractivity contribution in [2.75, 3.05) is 4.90 Å². The Hall–Kier alpha value is -5.66. The van der Waals surface area contributed by atoms with Crippen LogP contribution >= 0.6 is 0 Å². The first-order valence-corrected chi connectivity index (χ1v) is 16.0. The lowest BCUT2D eigenvalue weighted by Gasteiger charge is -2.34. The van der Waals surface area contributed by atoms with Crippen LogP contribution < -0.4 is 4.90 Å². The van der Waals surface area contributed by atoms with Crippen LogP contribution in [0.25, 0.3) is 22.3 Å². The standard InChI is InChI=1S/C45H35N/c1-32-16-26-38(27-17-32)46(39-28-18-33(2)19-29-39)40-30-22-35(23-31-40)34-20-24-37(25-21-34)45(36-10-4-3-5-11-36)43-14-8-6-12-41(43)42-13-7-9-15-44(42)45/h3-31H,1-2H3. The average molecular weight is 590 g/mol. The van der Waals surface area contributed by atoms with Gasteiger partial charge in [0, 0.05) is 17.1 Å². The summed E-state index contributed by atoms with van der Waals surface area (Å²) in [5, 5.41) is 0. The van der Waals surface area contributed by atoms with Gasteiger partial charge in [0.1, 0.15) is 0 Å². The number of aryl methyl sites for hydroxylation is 2. The molecule has 0 spiro atoms. The van der Waals surface area contributed by atoms with Crippen molar-refractivity contribution in [2.45, 2.75) is 19.3 Å². The van der Waals surface area contributed by atoms with Gasteiger partial charge >= 0.3 is 0 Å². The van der Waals surface area contributed by atoms with E-state index in [2.05, 4.69) is 195 Å². The van der Waals surface area contributed by atoms with Gasteiger partial charge in [0.05, 0.1) is 5.41 Å². The van der Waals surface area contributed by atoms with Gasteiger partial charge in [-0.05, 0) is 94.8 Å². The van der Waals surface area contributed by atoms with Crippen molar-refractivity contribution >= 4 is 17.1 Å². The first-order chi connectivity index (χ1) is 22.6. The van der Waals surface area contributed by atoms with E-state index in [1.54, 1.807) is 0 Å². The van der Waals surface area contributed by atoms with Crippen LogP contribution in [0.3, 0.4) is 0 Å². The molecule has 0 aromatic heterocycles. The zero-order valence-electron chi connectivity index (χ0n) is 26.2. The van der Waals surface area contributed by atoms with Crippen LogP contribution in [0.5, 0.6) is 0 Å². The van der Waals surface area contributed by atoms with Crippen molar-refractivity contribution in [3.63, 3.8) is 0 Å². The van der Waals surface area contributed by atoms with Crippen molar-refractivity contribution < 1.29 is 0 Å². The molecule has 1 aliphatic rings. The predicted molar refractivity (Wildman–Crippen MR) is 193 cm³/mol. The summed E-state index contributed by atoms with van der Waals surface area (Å²) >= 11 is 0. The Labute approximate surface area is 272 Å². The van der Waals surface area contributed by atoms with Crippen LogP contribution in [0.15, 0.2) is 176 Å². The molecule has 0 N–H and O–H groups in total. The highest BCUT2D eigenvalue weighted by Gasteiger charge is 2.45. The van der Waals surface area contributed by atoms with Gasteiger partial charge in [-0.2, -0.15) is 0 Å². The fourth-order valence-corrected chi connectivity index (χ4v) is 7.26. The molecule has 0 radical (unpaired) electrons. The van der Waals surface area contributed by atoms with Crippen LogP contribution in [0.1, 0.15) is 33.4 Å². The molecular weight excluding hydrogens is 555 g/mol. The Kier molecular flexibility index (Phi) is 6.88. The summed E-state index contributed by atoms with van der Waals surface area (Å²) in [6.07, 6.45) is 0. The zero-order valence-corrected chi connectivity index (χ0v) is 26.2. The maximum atomic E-state index is 2.33. The summed E-state index contributed by atoms with van der Waals surface area (Å²) < 4.78 is 0. The van der Waals surface area contributed by atoms with Gasteiger partial charge in [0.2, 0.25) is 0 Å². The molecule has 1 heteroatoms. The first kappa shape index (κ1) is 27.9. The fourth-order valence-electron chi connectivity index (χ4n) is 7.26. The third kappa shape index (κ3) is 4.55. The first-order valence-electron chi connectivity index (χ1n) is 16.0. The maximum Gasteiger partial charge on any atom is 0.0713 e. The van der Waals surface area contributed by atoms with Gasteiger partial charge in [-0.3, -0.25) is 0 Å². The van der Waals surface area contributed by atoms with E-state index >= 15 is 0 Å². The van der Waals surface area contributed by atoms with E-state index in [9.17, 15) is 0 Å². The fraction of sp³-hybridized carbons (Fsp3) is 0.0667. The van der Waals surface area contributed by atoms with Gasteiger partial charge < -0.3 is 4.90 Å². The molecule has 7 aromatic rings.